The summed E-state index contributed by atoms with van der Waals surface area (Å²) in [7, 11) is 0. The van der Waals surface area contributed by atoms with Gasteiger partial charge in [0.25, 0.3) is 0 Å². The molecular formula is C12H14N4. The molecular weight excluding hydrogens is 200 g/mol. The lowest BCUT2D eigenvalue weighted by atomic mass is 10.1. The molecule has 0 N–H and O–H groups in total. The summed E-state index contributed by atoms with van der Waals surface area (Å²) in [5.74, 6) is 0.805. The molecule has 0 saturated heterocycles. The Hall–Kier alpha value is -1.84. The predicted octanol–water partition coefficient (Wildman–Crippen LogP) is 1.67. The molecule has 0 atom stereocenters. The van der Waals surface area contributed by atoms with Crippen LogP contribution in [0.5, 0.6) is 0 Å². The van der Waals surface area contributed by atoms with Gasteiger partial charge in [0, 0.05) is 12.4 Å². The van der Waals surface area contributed by atoms with Crippen LogP contribution < -0.4 is 0 Å². The second kappa shape index (κ2) is 4.79. The molecule has 2 rings (SSSR count). The van der Waals surface area contributed by atoms with Gasteiger partial charge in [0.2, 0.25) is 0 Å². The Labute approximate surface area is 94.8 Å². The largest absolute Gasteiger partial charge is 0.241 e. The maximum atomic E-state index is 4.16. The van der Waals surface area contributed by atoms with Gasteiger partial charge in [-0.1, -0.05) is 0 Å². The van der Waals surface area contributed by atoms with Crippen molar-refractivity contribution in [2.24, 2.45) is 0 Å². The molecule has 0 aliphatic rings. The first-order valence-corrected chi connectivity index (χ1v) is 5.31. The molecule has 0 aromatic carbocycles. The fraction of sp³-hybridized carbons (Fsp3) is 0.333. The van der Waals surface area contributed by atoms with Crippen LogP contribution in [0.2, 0.25) is 0 Å². The van der Waals surface area contributed by atoms with Crippen LogP contribution in [0.25, 0.3) is 0 Å². The lowest BCUT2D eigenvalue weighted by Crippen LogP contribution is -1.98. The van der Waals surface area contributed by atoms with E-state index in [1.165, 1.54) is 0 Å². The zero-order valence-corrected chi connectivity index (χ0v) is 9.51. The van der Waals surface area contributed by atoms with E-state index in [2.05, 4.69) is 20.2 Å². The summed E-state index contributed by atoms with van der Waals surface area (Å²) in [6.45, 7) is 3.82. The quantitative estimate of drug-likeness (QED) is 0.779. The highest BCUT2D eigenvalue weighted by Gasteiger charge is 1.98. The second-order valence-electron chi connectivity index (χ2n) is 3.80. The third-order valence-corrected chi connectivity index (χ3v) is 2.36. The molecule has 82 valence electrons. The number of hydrogen-bond donors (Lipinski definition) is 0. The van der Waals surface area contributed by atoms with Crippen LogP contribution in [0.1, 0.15) is 22.8 Å². The Bertz CT molecular complexity index is 402. The van der Waals surface area contributed by atoms with E-state index in [0.717, 1.165) is 35.6 Å². The molecule has 0 radical (unpaired) electrons. The van der Waals surface area contributed by atoms with Crippen molar-refractivity contribution in [1.29, 1.82) is 0 Å². The van der Waals surface area contributed by atoms with E-state index in [0.29, 0.717) is 0 Å². The third kappa shape index (κ3) is 2.82. The minimum absolute atomic E-state index is 0.805. The van der Waals surface area contributed by atoms with Crippen LogP contribution in [-0.4, -0.2) is 20.2 Å². The highest BCUT2D eigenvalue weighted by molar-refractivity contribution is 5.10. The summed E-state index contributed by atoms with van der Waals surface area (Å²) in [4.78, 5) is 8.32. The van der Waals surface area contributed by atoms with Crippen molar-refractivity contribution in [3.8, 4) is 0 Å². The highest BCUT2D eigenvalue weighted by Crippen LogP contribution is 2.03. The zero-order chi connectivity index (χ0) is 11.4. The SMILES string of the molecule is Cc1ccc(CCc2cnc(C)nc2)nn1. The van der Waals surface area contributed by atoms with Gasteiger partial charge in [-0.3, -0.25) is 0 Å². The van der Waals surface area contributed by atoms with Crippen molar-refractivity contribution in [2.75, 3.05) is 0 Å². The van der Waals surface area contributed by atoms with Crippen LogP contribution in [-0.2, 0) is 12.8 Å². The van der Waals surface area contributed by atoms with Gasteiger partial charge in [0.15, 0.2) is 0 Å². The molecule has 2 heterocycles. The maximum absolute atomic E-state index is 4.16. The van der Waals surface area contributed by atoms with Crippen LogP contribution in [0.15, 0.2) is 24.5 Å². The minimum atomic E-state index is 0.805. The van der Waals surface area contributed by atoms with Crippen molar-refractivity contribution in [3.63, 3.8) is 0 Å². The summed E-state index contributed by atoms with van der Waals surface area (Å²) < 4.78 is 0. The maximum Gasteiger partial charge on any atom is 0.125 e. The van der Waals surface area contributed by atoms with Crippen LogP contribution in [0.4, 0.5) is 0 Å². The molecule has 2 aromatic rings. The van der Waals surface area contributed by atoms with Crippen molar-refractivity contribution in [3.05, 3.63) is 47.3 Å². The van der Waals surface area contributed by atoms with Gasteiger partial charge in [-0.25, -0.2) is 9.97 Å². The van der Waals surface area contributed by atoms with E-state index in [1.54, 1.807) is 0 Å². The minimum Gasteiger partial charge on any atom is -0.241 e. The Balaban J connectivity index is 1.97. The summed E-state index contributed by atoms with van der Waals surface area (Å²) in [6, 6.07) is 3.99. The summed E-state index contributed by atoms with van der Waals surface area (Å²) in [6.07, 6.45) is 5.51. The molecule has 0 aliphatic carbocycles. The van der Waals surface area contributed by atoms with Gasteiger partial charge in [0.1, 0.15) is 5.82 Å². The van der Waals surface area contributed by atoms with Gasteiger partial charge in [-0.15, -0.1) is 0 Å². The topological polar surface area (TPSA) is 51.6 Å². The Morgan fingerprint density at radius 3 is 2.31 bits per heavy atom. The number of rotatable bonds is 3. The molecule has 2 aromatic heterocycles. The van der Waals surface area contributed by atoms with Crippen LogP contribution >= 0.6 is 0 Å². The van der Waals surface area contributed by atoms with Gasteiger partial charge < -0.3 is 0 Å². The van der Waals surface area contributed by atoms with Crippen molar-refractivity contribution >= 4 is 0 Å². The fourth-order valence-electron chi connectivity index (χ4n) is 1.38. The molecule has 4 heteroatoms. The first-order valence-electron chi connectivity index (χ1n) is 5.31. The standard InChI is InChI=1S/C12H14N4/c1-9-3-5-12(16-15-9)6-4-11-7-13-10(2)14-8-11/h3,5,7-8H,4,6H2,1-2H3. The van der Waals surface area contributed by atoms with Crippen molar-refractivity contribution < 1.29 is 0 Å². The van der Waals surface area contributed by atoms with E-state index >= 15 is 0 Å². The molecule has 16 heavy (non-hydrogen) atoms. The molecule has 0 spiro atoms. The van der Waals surface area contributed by atoms with E-state index in [-0.39, 0.29) is 0 Å². The molecule has 0 fully saturated rings. The molecule has 4 nitrogen and oxygen atoms in total. The summed E-state index contributed by atoms with van der Waals surface area (Å²) in [5.41, 5.74) is 3.08. The highest BCUT2D eigenvalue weighted by atomic mass is 15.1. The van der Waals surface area contributed by atoms with Gasteiger partial charge in [0.05, 0.1) is 11.4 Å². The fourth-order valence-corrected chi connectivity index (χ4v) is 1.38. The van der Waals surface area contributed by atoms with Crippen LogP contribution in [0.3, 0.4) is 0 Å². The number of aryl methyl sites for hydroxylation is 4. The summed E-state index contributed by atoms with van der Waals surface area (Å²) >= 11 is 0. The van der Waals surface area contributed by atoms with E-state index in [4.69, 9.17) is 0 Å². The molecule has 0 unspecified atom stereocenters. The van der Waals surface area contributed by atoms with Crippen molar-refractivity contribution in [1.82, 2.24) is 20.2 Å². The van der Waals surface area contributed by atoms with Gasteiger partial charge >= 0.3 is 0 Å². The average Bonchev–Trinajstić information content (AvgIpc) is 2.30. The number of nitrogens with zero attached hydrogens (tertiary/aromatic N) is 4. The molecule has 0 amide bonds. The number of aromatic nitrogens is 4. The van der Waals surface area contributed by atoms with E-state index in [1.807, 2.05) is 38.4 Å². The Morgan fingerprint density at radius 2 is 1.69 bits per heavy atom. The normalized spacial score (nSPS) is 10.4. The lowest BCUT2D eigenvalue weighted by Gasteiger charge is -2.00. The first-order chi connectivity index (χ1) is 7.74. The Kier molecular flexibility index (Phi) is 3.19. The van der Waals surface area contributed by atoms with Gasteiger partial charge in [-0.05, 0) is 44.4 Å². The number of hydrogen-bond acceptors (Lipinski definition) is 4. The second-order valence-corrected chi connectivity index (χ2v) is 3.80. The first kappa shape index (κ1) is 10.7. The zero-order valence-electron chi connectivity index (χ0n) is 9.51. The molecule has 0 bridgehead atoms. The van der Waals surface area contributed by atoms with E-state index < -0.39 is 0 Å². The predicted molar refractivity (Wildman–Crippen MR) is 60.9 cm³/mol. The van der Waals surface area contributed by atoms with Crippen molar-refractivity contribution in [2.45, 2.75) is 26.7 Å². The third-order valence-electron chi connectivity index (χ3n) is 2.36. The van der Waals surface area contributed by atoms with E-state index in [9.17, 15) is 0 Å². The average molecular weight is 214 g/mol. The molecule has 0 aliphatic heterocycles. The lowest BCUT2D eigenvalue weighted by molar-refractivity contribution is 0.835. The Morgan fingerprint density at radius 1 is 0.938 bits per heavy atom. The summed E-state index contributed by atoms with van der Waals surface area (Å²) in [5, 5.41) is 8.14. The smallest absolute Gasteiger partial charge is 0.125 e. The van der Waals surface area contributed by atoms with Gasteiger partial charge in [-0.2, -0.15) is 10.2 Å². The van der Waals surface area contributed by atoms with Crippen LogP contribution in [0, 0.1) is 13.8 Å². The monoisotopic (exact) mass is 214 g/mol. The molecule has 0 saturated carbocycles.